The van der Waals surface area contributed by atoms with Gasteiger partial charge in [-0.05, 0) is 45.4 Å². The Morgan fingerprint density at radius 3 is 2.38 bits per heavy atom. The topological polar surface area (TPSA) is 80.8 Å². The van der Waals surface area contributed by atoms with Gasteiger partial charge in [0.05, 0.1) is 17.1 Å². The molecule has 1 aromatic carbocycles. The molecule has 0 radical (unpaired) electrons. The summed E-state index contributed by atoms with van der Waals surface area (Å²) in [5, 5.41) is -0.440. The maximum Gasteiger partial charge on any atom is 0.246 e. The fraction of sp³-hybridized carbons (Fsp3) is 0.600. The predicted octanol–water partition coefficient (Wildman–Crippen LogP) is 2.32. The molecular formula is C15H22ClNO5S2. The Hall–Kier alpha value is -0.830. The first kappa shape index (κ1) is 19.5. The van der Waals surface area contributed by atoms with Crippen molar-refractivity contribution in [1.82, 2.24) is 4.31 Å². The van der Waals surface area contributed by atoms with Gasteiger partial charge in [-0.2, -0.15) is 4.31 Å². The van der Waals surface area contributed by atoms with E-state index in [-0.39, 0.29) is 35.2 Å². The van der Waals surface area contributed by atoms with Crippen LogP contribution in [0.4, 0.5) is 0 Å². The summed E-state index contributed by atoms with van der Waals surface area (Å²) in [5.41, 5.74) is 0. The van der Waals surface area contributed by atoms with Gasteiger partial charge in [0, 0.05) is 18.1 Å². The number of sulfonamides is 1. The lowest BCUT2D eigenvalue weighted by molar-refractivity contribution is 0.398. The van der Waals surface area contributed by atoms with E-state index in [1.165, 1.54) is 29.6 Å². The van der Waals surface area contributed by atoms with Gasteiger partial charge in [-0.1, -0.05) is 11.6 Å². The lowest BCUT2D eigenvalue weighted by Crippen LogP contribution is -2.39. The van der Waals surface area contributed by atoms with Crippen LogP contribution in [0.5, 0.6) is 5.75 Å². The van der Waals surface area contributed by atoms with Crippen molar-refractivity contribution in [2.24, 2.45) is 0 Å². The van der Waals surface area contributed by atoms with Crippen molar-refractivity contribution in [2.75, 3.05) is 20.2 Å². The fourth-order valence-corrected chi connectivity index (χ4v) is 6.47. The number of methoxy groups -OCH3 is 1. The summed E-state index contributed by atoms with van der Waals surface area (Å²) in [6, 6.07) is 4.34. The van der Waals surface area contributed by atoms with Crippen LogP contribution in [0.2, 0.25) is 5.02 Å². The van der Waals surface area contributed by atoms with Gasteiger partial charge < -0.3 is 4.74 Å². The Morgan fingerprint density at radius 2 is 1.83 bits per heavy atom. The average Bonchev–Trinajstić information content (AvgIpc) is 2.97. The fourth-order valence-electron chi connectivity index (χ4n) is 2.66. The summed E-state index contributed by atoms with van der Waals surface area (Å²) in [4.78, 5) is -0.0497. The van der Waals surface area contributed by atoms with Crippen LogP contribution in [0.3, 0.4) is 0 Å². The van der Waals surface area contributed by atoms with Crippen LogP contribution in [0.1, 0.15) is 27.2 Å². The maximum atomic E-state index is 12.9. The third-order valence-corrected chi connectivity index (χ3v) is 9.23. The number of benzene rings is 1. The van der Waals surface area contributed by atoms with Gasteiger partial charge in [-0.3, -0.25) is 0 Å². The second-order valence-corrected chi connectivity index (χ2v) is 12.1. The minimum atomic E-state index is -3.88. The number of rotatable bonds is 4. The summed E-state index contributed by atoms with van der Waals surface area (Å²) < 4.78 is 56.3. The molecule has 1 aromatic rings. The van der Waals surface area contributed by atoms with Crippen LogP contribution in [0.25, 0.3) is 0 Å². The largest absolute Gasteiger partial charge is 0.495 e. The number of nitrogens with zero attached hydrogens (tertiary/aromatic N) is 1. The molecule has 6 nitrogen and oxygen atoms in total. The van der Waals surface area contributed by atoms with Gasteiger partial charge in [-0.25, -0.2) is 16.8 Å². The maximum absolute atomic E-state index is 12.9. The molecule has 1 atom stereocenters. The zero-order chi connectivity index (χ0) is 18.3. The molecule has 0 bridgehead atoms. The Balaban J connectivity index is 2.36. The first-order chi connectivity index (χ1) is 10.9. The summed E-state index contributed by atoms with van der Waals surface area (Å²) in [5.74, 6) is 0.182. The first-order valence-corrected chi connectivity index (χ1v) is 10.8. The minimum absolute atomic E-state index is 0.0497. The van der Waals surface area contributed by atoms with E-state index in [2.05, 4.69) is 0 Å². The van der Waals surface area contributed by atoms with Gasteiger partial charge in [0.2, 0.25) is 10.0 Å². The zero-order valence-electron chi connectivity index (χ0n) is 14.1. The molecule has 0 saturated carbocycles. The first-order valence-electron chi connectivity index (χ1n) is 7.48. The molecule has 0 unspecified atom stereocenters. The highest BCUT2D eigenvalue weighted by molar-refractivity contribution is 7.93. The molecule has 136 valence electrons. The summed E-state index contributed by atoms with van der Waals surface area (Å²) in [6.45, 7) is 4.97. The highest BCUT2D eigenvalue weighted by Gasteiger charge is 2.44. The van der Waals surface area contributed by atoms with Crippen LogP contribution in [-0.4, -0.2) is 51.3 Å². The molecule has 0 spiro atoms. The molecule has 1 aliphatic heterocycles. The van der Waals surface area contributed by atoms with Crippen molar-refractivity contribution < 1.29 is 21.6 Å². The number of ether oxygens (including phenoxy) is 1. The second kappa shape index (κ2) is 6.48. The van der Waals surface area contributed by atoms with E-state index >= 15 is 0 Å². The molecule has 1 heterocycles. The van der Waals surface area contributed by atoms with Crippen LogP contribution >= 0.6 is 11.6 Å². The molecule has 0 aliphatic carbocycles. The number of hydrogen-bond acceptors (Lipinski definition) is 5. The lowest BCUT2D eigenvalue weighted by Gasteiger charge is -2.24. The smallest absolute Gasteiger partial charge is 0.246 e. The summed E-state index contributed by atoms with van der Waals surface area (Å²) in [6.07, 6.45) is 0.279. The van der Waals surface area contributed by atoms with Crippen molar-refractivity contribution in [2.45, 2.75) is 42.1 Å². The average molecular weight is 396 g/mol. The molecule has 1 aliphatic rings. The van der Waals surface area contributed by atoms with Crippen molar-refractivity contribution in [1.29, 1.82) is 0 Å². The zero-order valence-corrected chi connectivity index (χ0v) is 16.5. The van der Waals surface area contributed by atoms with E-state index in [0.29, 0.717) is 0 Å². The minimum Gasteiger partial charge on any atom is -0.495 e. The molecule has 2 rings (SSSR count). The monoisotopic (exact) mass is 395 g/mol. The van der Waals surface area contributed by atoms with Gasteiger partial charge >= 0.3 is 0 Å². The van der Waals surface area contributed by atoms with Crippen LogP contribution in [-0.2, 0) is 19.9 Å². The molecule has 0 amide bonds. The van der Waals surface area contributed by atoms with Gasteiger partial charge in [0.1, 0.15) is 10.6 Å². The van der Waals surface area contributed by atoms with Gasteiger partial charge in [0.25, 0.3) is 0 Å². The second-order valence-electron chi connectivity index (χ2n) is 6.73. The van der Waals surface area contributed by atoms with E-state index in [0.717, 1.165) is 0 Å². The van der Waals surface area contributed by atoms with E-state index in [1.807, 2.05) is 0 Å². The SMILES string of the molecule is COc1ccc(Cl)cc1S(=O)(=O)N1CC[C@H](S(=O)(=O)C(C)(C)C)C1. The Labute approximate surface area is 148 Å². The van der Waals surface area contributed by atoms with Gasteiger partial charge in [-0.15, -0.1) is 0 Å². The van der Waals surface area contributed by atoms with Crippen LogP contribution in [0, 0.1) is 0 Å². The third-order valence-electron chi connectivity index (χ3n) is 4.14. The molecule has 24 heavy (non-hydrogen) atoms. The molecule has 1 fully saturated rings. The molecule has 0 N–H and O–H groups in total. The highest BCUT2D eigenvalue weighted by Crippen LogP contribution is 2.34. The van der Waals surface area contributed by atoms with E-state index in [9.17, 15) is 16.8 Å². The van der Waals surface area contributed by atoms with Crippen molar-refractivity contribution in [3.05, 3.63) is 23.2 Å². The highest BCUT2D eigenvalue weighted by atomic mass is 35.5. The number of sulfone groups is 1. The standard InChI is InChI=1S/C15H22ClNO5S2/c1-15(2,3)23(18,19)12-7-8-17(10-12)24(20,21)14-9-11(16)5-6-13(14)22-4/h5-6,9,12H,7-8,10H2,1-4H3/t12-/m0/s1. The quantitative estimate of drug-likeness (QED) is 0.781. The van der Waals surface area contributed by atoms with Crippen molar-refractivity contribution in [3.8, 4) is 5.75 Å². The van der Waals surface area contributed by atoms with Crippen molar-refractivity contribution in [3.63, 3.8) is 0 Å². The van der Waals surface area contributed by atoms with E-state index in [4.69, 9.17) is 16.3 Å². The molecular weight excluding hydrogens is 374 g/mol. The molecule has 1 saturated heterocycles. The number of hydrogen-bond donors (Lipinski definition) is 0. The predicted molar refractivity (Wildman–Crippen MR) is 93.8 cm³/mol. The van der Waals surface area contributed by atoms with Crippen molar-refractivity contribution >= 4 is 31.5 Å². The third kappa shape index (κ3) is 3.42. The van der Waals surface area contributed by atoms with Crippen LogP contribution in [0.15, 0.2) is 23.1 Å². The summed E-state index contributed by atoms with van der Waals surface area (Å²) >= 11 is 5.91. The lowest BCUT2D eigenvalue weighted by atomic mass is 10.3. The normalized spacial score (nSPS) is 20.3. The van der Waals surface area contributed by atoms with Gasteiger partial charge in [0.15, 0.2) is 9.84 Å². The van der Waals surface area contributed by atoms with E-state index < -0.39 is 29.9 Å². The summed E-state index contributed by atoms with van der Waals surface area (Å²) in [7, 11) is -5.95. The Morgan fingerprint density at radius 1 is 1.21 bits per heavy atom. The molecule has 0 aromatic heterocycles. The van der Waals surface area contributed by atoms with Crippen LogP contribution < -0.4 is 4.74 Å². The molecule has 9 heteroatoms. The Bertz CT molecular complexity index is 828. The Kier molecular flexibility index (Phi) is 5.26. The number of halogens is 1. The van der Waals surface area contributed by atoms with E-state index in [1.54, 1.807) is 20.8 Å².